The maximum Gasteiger partial charge on any atom is 0.416 e. The topological polar surface area (TPSA) is 121 Å². The third-order valence-electron chi connectivity index (χ3n) is 3.05. The van der Waals surface area contributed by atoms with Gasteiger partial charge in [0.25, 0.3) is 0 Å². The fourth-order valence-electron chi connectivity index (χ4n) is 1.92. The molecule has 26 heavy (non-hydrogen) atoms. The van der Waals surface area contributed by atoms with Crippen molar-refractivity contribution >= 4 is 17.6 Å². The van der Waals surface area contributed by atoms with E-state index >= 15 is 0 Å². The molecule has 0 atom stereocenters. The number of benzene rings is 2. The van der Waals surface area contributed by atoms with Gasteiger partial charge in [0.1, 0.15) is 17.2 Å². The zero-order valence-corrected chi connectivity index (χ0v) is 13.6. The molecule has 0 aliphatic carbocycles. The Bertz CT molecular complexity index is 829. The van der Waals surface area contributed by atoms with E-state index < -0.39 is 17.7 Å². The van der Waals surface area contributed by atoms with Crippen LogP contribution in [0.4, 0.5) is 18.9 Å². The molecule has 7 nitrogen and oxygen atoms in total. The van der Waals surface area contributed by atoms with Crippen molar-refractivity contribution in [2.45, 2.75) is 6.18 Å². The second kappa shape index (κ2) is 7.64. The summed E-state index contributed by atoms with van der Waals surface area (Å²) in [5.74, 6) is 0.208. The highest BCUT2D eigenvalue weighted by Gasteiger charge is 2.31. The summed E-state index contributed by atoms with van der Waals surface area (Å²) in [7, 11) is 1.50. The Kier molecular flexibility index (Phi) is 5.55. The maximum absolute atomic E-state index is 13.0. The van der Waals surface area contributed by atoms with Crippen LogP contribution in [0.2, 0.25) is 0 Å². The van der Waals surface area contributed by atoms with Crippen molar-refractivity contribution in [3.05, 3.63) is 48.0 Å². The molecule has 0 aliphatic rings. The smallest absolute Gasteiger partial charge is 0.416 e. The molecule has 0 saturated carbocycles. The first-order valence-electron chi connectivity index (χ1n) is 7.16. The number of aliphatic imine (C=N–C) groups is 2. The second-order valence-electron chi connectivity index (χ2n) is 4.96. The molecule has 0 heterocycles. The summed E-state index contributed by atoms with van der Waals surface area (Å²) in [4.78, 5) is 7.28. The minimum absolute atomic E-state index is 0.0388. The van der Waals surface area contributed by atoms with E-state index in [1.54, 1.807) is 24.3 Å². The lowest BCUT2D eigenvalue weighted by atomic mass is 10.2. The number of hydrogen-bond acceptors (Lipinski definition) is 3. The molecule has 0 fully saturated rings. The minimum Gasteiger partial charge on any atom is -0.497 e. The molecule has 0 aliphatic heterocycles. The second-order valence-corrected chi connectivity index (χ2v) is 4.96. The van der Waals surface area contributed by atoms with Crippen molar-refractivity contribution < 1.29 is 22.6 Å². The Morgan fingerprint density at radius 1 is 0.962 bits per heavy atom. The molecule has 0 amide bonds. The van der Waals surface area contributed by atoms with Gasteiger partial charge in [0, 0.05) is 0 Å². The van der Waals surface area contributed by atoms with Gasteiger partial charge in [-0.3, -0.25) is 0 Å². The maximum atomic E-state index is 13.0. The molecule has 0 bridgehead atoms. The number of guanidine groups is 2. The monoisotopic (exact) mass is 367 g/mol. The van der Waals surface area contributed by atoms with Crippen molar-refractivity contribution in [3.63, 3.8) is 0 Å². The van der Waals surface area contributed by atoms with E-state index in [2.05, 4.69) is 9.98 Å². The predicted octanol–water partition coefficient (Wildman–Crippen LogP) is 2.73. The fourth-order valence-corrected chi connectivity index (χ4v) is 1.92. The van der Waals surface area contributed by atoms with Crippen LogP contribution < -0.4 is 26.7 Å². The number of halogens is 3. The van der Waals surface area contributed by atoms with Gasteiger partial charge in [0.05, 0.1) is 12.7 Å². The summed E-state index contributed by atoms with van der Waals surface area (Å²) >= 11 is 0. The molecular formula is C16H16F3N5O2. The normalized spacial score (nSPS) is 11.8. The Hall–Kier alpha value is -3.43. The summed E-state index contributed by atoms with van der Waals surface area (Å²) in [6.07, 6.45) is -4.56. The fraction of sp³-hybridized carbons (Fsp3) is 0.125. The highest BCUT2D eigenvalue weighted by atomic mass is 19.4. The molecule has 10 heteroatoms. The average Bonchev–Trinajstić information content (AvgIpc) is 2.55. The third-order valence-corrected chi connectivity index (χ3v) is 3.05. The van der Waals surface area contributed by atoms with E-state index in [9.17, 15) is 13.2 Å². The molecule has 0 radical (unpaired) electrons. The summed E-state index contributed by atoms with van der Waals surface area (Å²) in [6, 6.07) is 9.23. The van der Waals surface area contributed by atoms with Gasteiger partial charge in [-0.15, -0.1) is 0 Å². The number of methoxy groups -OCH3 is 1. The Morgan fingerprint density at radius 2 is 1.58 bits per heavy atom. The first-order valence-corrected chi connectivity index (χ1v) is 7.16. The van der Waals surface area contributed by atoms with Crippen LogP contribution in [0.5, 0.6) is 17.2 Å². The van der Waals surface area contributed by atoms with Crippen LogP contribution in [-0.2, 0) is 6.18 Å². The standard InChI is InChI=1S/C16H16F3N5O2/c1-25-10-3-5-11(6-4-10)26-13-7-2-9(16(17,18)19)8-12(13)23-15(22)24-14(20)21/h2-8H,1H3,(H6,20,21,22,23,24). The van der Waals surface area contributed by atoms with E-state index in [1.165, 1.54) is 7.11 Å². The van der Waals surface area contributed by atoms with Crippen LogP contribution in [0.3, 0.4) is 0 Å². The molecule has 0 spiro atoms. The van der Waals surface area contributed by atoms with Gasteiger partial charge < -0.3 is 26.7 Å². The molecule has 0 saturated heterocycles. The molecule has 6 N–H and O–H groups in total. The van der Waals surface area contributed by atoms with Crippen molar-refractivity contribution in [2.75, 3.05) is 7.11 Å². The van der Waals surface area contributed by atoms with Crippen LogP contribution in [0.1, 0.15) is 5.56 Å². The number of nitrogens with zero attached hydrogens (tertiary/aromatic N) is 2. The van der Waals surface area contributed by atoms with E-state index in [1.807, 2.05) is 0 Å². The van der Waals surface area contributed by atoms with Gasteiger partial charge in [0.15, 0.2) is 11.7 Å². The highest BCUT2D eigenvalue weighted by Crippen LogP contribution is 2.38. The van der Waals surface area contributed by atoms with Crippen molar-refractivity contribution in [2.24, 2.45) is 27.2 Å². The Morgan fingerprint density at radius 3 is 2.12 bits per heavy atom. The number of ether oxygens (including phenoxy) is 2. The number of rotatable bonds is 4. The Labute approximate surface area is 146 Å². The number of hydrogen-bond donors (Lipinski definition) is 3. The number of alkyl halides is 3. The quantitative estimate of drug-likeness (QED) is 0.567. The van der Waals surface area contributed by atoms with Crippen molar-refractivity contribution in [1.82, 2.24) is 0 Å². The van der Waals surface area contributed by atoms with Gasteiger partial charge >= 0.3 is 6.18 Å². The van der Waals surface area contributed by atoms with Crippen LogP contribution in [-0.4, -0.2) is 19.0 Å². The van der Waals surface area contributed by atoms with Crippen LogP contribution >= 0.6 is 0 Å². The molecule has 2 rings (SSSR count). The van der Waals surface area contributed by atoms with Gasteiger partial charge in [-0.05, 0) is 42.5 Å². The molecular weight excluding hydrogens is 351 g/mol. The largest absolute Gasteiger partial charge is 0.497 e. The van der Waals surface area contributed by atoms with E-state index in [0.717, 1.165) is 18.2 Å². The van der Waals surface area contributed by atoms with E-state index in [-0.39, 0.29) is 17.4 Å². The van der Waals surface area contributed by atoms with E-state index in [0.29, 0.717) is 11.5 Å². The molecule has 2 aromatic carbocycles. The van der Waals surface area contributed by atoms with E-state index in [4.69, 9.17) is 26.7 Å². The lowest BCUT2D eigenvalue weighted by molar-refractivity contribution is -0.137. The average molecular weight is 367 g/mol. The van der Waals surface area contributed by atoms with Crippen LogP contribution in [0.15, 0.2) is 52.4 Å². The minimum atomic E-state index is -4.56. The Balaban J connectivity index is 2.44. The van der Waals surface area contributed by atoms with Crippen LogP contribution in [0.25, 0.3) is 0 Å². The zero-order valence-electron chi connectivity index (χ0n) is 13.6. The molecule has 0 unspecified atom stereocenters. The first kappa shape index (κ1) is 18.9. The van der Waals surface area contributed by atoms with Crippen molar-refractivity contribution in [3.8, 4) is 17.2 Å². The van der Waals surface area contributed by atoms with Gasteiger partial charge in [-0.25, -0.2) is 4.99 Å². The number of nitrogens with two attached hydrogens (primary N) is 3. The molecule has 0 aromatic heterocycles. The van der Waals surface area contributed by atoms with Gasteiger partial charge in [-0.1, -0.05) is 0 Å². The lowest BCUT2D eigenvalue weighted by Gasteiger charge is -2.12. The lowest BCUT2D eigenvalue weighted by Crippen LogP contribution is -2.26. The van der Waals surface area contributed by atoms with Crippen molar-refractivity contribution in [1.29, 1.82) is 0 Å². The summed E-state index contributed by atoms with van der Waals surface area (Å²) in [5, 5.41) is 0. The summed E-state index contributed by atoms with van der Waals surface area (Å²) < 4.78 is 49.5. The predicted molar refractivity (Wildman–Crippen MR) is 91.6 cm³/mol. The highest BCUT2D eigenvalue weighted by molar-refractivity contribution is 5.94. The zero-order chi connectivity index (χ0) is 19.3. The SMILES string of the molecule is COc1ccc(Oc2ccc(C(F)(F)F)cc2N=C(N)N=C(N)N)cc1. The third kappa shape index (κ3) is 5.03. The molecule has 138 valence electrons. The van der Waals surface area contributed by atoms with Crippen LogP contribution in [0, 0.1) is 0 Å². The summed E-state index contributed by atoms with van der Waals surface area (Å²) in [5.41, 5.74) is 14.8. The van der Waals surface area contributed by atoms with Gasteiger partial charge in [-0.2, -0.15) is 18.2 Å². The van der Waals surface area contributed by atoms with Gasteiger partial charge in [0.2, 0.25) is 5.96 Å². The summed E-state index contributed by atoms with van der Waals surface area (Å²) in [6.45, 7) is 0. The first-order chi connectivity index (χ1) is 12.2. The molecule has 2 aromatic rings.